The Balaban J connectivity index is 1.90. The van der Waals surface area contributed by atoms with Gasteiger partial charge in [-0.1, -0.05) is 47.5 Å². The van der Waals surface area contributed by atoms with Gasteiger partial charge in [-0.2, -0.15) is 0 Å². The predicted molar refractivity (Wildman–Crippen MR) is 141 cm³/mol. The Morgan fingerprint density at radius 3 is 2.28 bits per heavy atom. The van der Waals surface area contributed by atoms with Gasteiger partial charge >= 0.3 is 0 Å². The fourth-order valence-corrected chi connectivity index (χ4v) is 5.39. The average Bonchev–Trinajstić information content (AvgIpc) is 3.15. The first kappa shape index (κ1) is 27.9. The highest BCUT2D eigenvalue weighted by Gasteiger charge is 2.24. The highest BCUT2D eigenvalue weighted by Crippen LogP contribution is 2.32. The van der Waals surface area contributed by atoms with Crippen LogP contribution in [-0.4, -0.2) is 54.1 Å². The Hall–Kier alpha value is -2.72. The second-order valence-corrected chi connectivity index (χ2v) is 11.5. The van der Waals surface area contributed by atoms with Gasteiger partial charge in [0, 0.05) is 37.1 Å². The van der Waals surface area contributed by atoms with Crippen LogP contribution in [0, 0.1) is 0 Å². The molecule has 1 heterocycles. The molecule has 0 bridgehead atoms. The molecular formula is C25H27Cl2N3O5S. The standard InChI is InChI=1S/C25H27Cl2N3O5S/c1-15(31)14-36(34,35)29(3)12-11-21(18-7-5-17(6-8-18)16(2)32)28-25(33)23-13-19-22(30(23)4)10-9-20(26)24(19)27/h5-10,13,21H,11-12,14H2,1-4H3,(H,28,33). The van der Waals surface area contributed by atoms with Crippen LogP contribution in [0.2, 0.25) is 10.0 Å². The summed E-state index contributed by atoms with van der Waals surface area (Å²) in [5.74, 6) is -1.53. The van der Waals surface area contributed by atoms with E-state index in [2.05, 4.69) is 5.32 Å². The quantitative estimate of drug-likeness (QED) is 0.376. The van der Waals surface area contributed by atoms with Crippen molar-refractivity contribution in [2.45, 2.75) is 26.3 Å². The van der Waals surface area contributed by atoms with Crippen LogP contribution in [-0.2, 0) is 21.9 Å². The summed E-state index contributed by atoms with van der Waals surface area (Å²) in [7, 11) is -0.643. The molecule has 3 rings (SSSR count). The first-order chi connectivity index (χ1) is 16.8. The Kier molecular flexibility index (Phi) is 8.61. The van der Waals surface area contributed by atoms with E-state index >= 15 is 0 Å². The maximum Gasteiger partial charge on any atom is 0.268 e. The molecule has 1 aromatic heterocycles. The molecule has 1 atom stereocenters. The van der Waals surface area contributed by atoms with E-state index in [0.29, 0.717) is 32.3 Å². The van der Waals surface area contributed by atoms with Gasteiger partial charge in [-0.3, -0.25) is 14.4 Å². The van der Waals surface area contributed by atoms with Crippen LogP contribution < -0.4 is 5.32 Å². The lowest BCUT2D eigenvalue weighted by Gasteiger charge is -2.23. The molecule has 1 unspecified atom stereocenters. The van der Waals surface area contributed by atoms with Gasteiger partial charge in [0.25, 0.3) is 5.91 Å². The van der Waals surface area contributed by atoms with Gasteiger partial charge in [0.05, 0.1) is 16.1 Å². The van der Waals surface area contributed by atoms with Crippen LogP contribution in [0.5, 0.6) is 0 Å². The van der Waals surface area contributed by atoms with Gasteiger partial charge in [0.2, 0.25) is 10.0 Å². The first-order valence-electron chi connectivity index (χ1n) is 11.1. The lowest BCUT2D eigenvalue weighted by atomic mass is 10.0. The number of sulfonamides is 1. The number of nitrogens with one attached hydrogen (secondary N) is 1. The number of benzene rings is 2. The molecule has 0 radical (unpaired) electrons. The summed E-state index contributed by atoms with van der Waals surface area (Å²) in [6.45, 7) is 2.74. The molecule has 0 aliphatic carbocycles. The number of carbonyl (C=O) groups is 3. The minimum Gasteiger partial charge on any atom is -0.344 e. The van der Waals surface area contributed by atoms with Crippen LogP contribution in [0.1, 0.15) is 52.7 Å². The van der Waals surface area contributed by atoms with Crippen molar-refractivity contribution in [3.05, 3.63) is 69.3 Å². The minimum absolute atomic E-state index is 0.0611. The zero-order valence-corrected chi connectivity index (χ0v) is 22.7. The lowest BCUT2D eigenvalue weighted by Crippen LogP contribution is -2.36. The largest absolute Gasteiger partial charge is 0.344 e. The van der Waals surface area contributed by atoms with E-state index in [1.807, 2.05) is 0 Å². The van der Waals surface area contributed by atoms with E-state index in [1.54, 1.807) is 54.1 Å². The number of hydrogen-bond donors (Lipinski definition) is 1. The summed E-state index contributed by atoms with van der Waals surface area (Å²) in [4.78, 5) is 36.4. The lowest BCUT2D eigenvalue weighted by molar-refractivity contribution is -0.114. The number of amides is 1. The third-order valence-corrected chi connectivity index (χ3v) is 8.69. The monoisotopic (exact) mass is 551 g/mol. The summed E-state index contributed by atoms with van der Waals surface area (Å²) >= 11 is 12.5. The SMILES string of the molecule is CC(=O)CS(=O)(=O)N(C)CCC(NC(=O)c1cc2c(Cl)c(Cl)ccc2n1C)c1ccc(C(C)=O)cc1. The van der Waals surface area contributed by atoms with Gasteiger partial charge in [-0.05, 0) is 44.0 Å². The molecule has 0 aliphatic rings. The normalized spacial score (nSPS) is 12.6. The van der Waals surface area contributed by atoms with E-state index in [4.69, 9.17) is 23.2 Å². The van der Waals surface area contributed by atoms with Gasteiger partial charge in [-0.15, -0.1) is 0 Å². The van der Waals surface area contributed by atoms with Gasteiger partial charge in [-0.25, -0.2) is 12.7 Å². The fourth-order valence-electron chi connectivity index (χ4n) is 3.89. The molecule has 0 spiro atoms. The van der Waals surface area contributed by atoms with E-state index in [9.17, 15) is 22.8 Å². The van der Waals surface area contributed by atoms with Crippen molar-refractivity contribution in [2.75, 3.05) is 19.3 Å². The molecule has 3 aromatic rings. The van der Waals surface area contributed by atoms with Gasteiger partial charge in [0.1, 0.15) is 17.2 Å². The van der Waals surface area contributed by atoms with Crippen LogP contribution in [0.4, 0.5) is 0 Å². The number of carbonyl (C=O) groups excluding carboxylic acids is 3. The number of aromatic nitrogens is 1. The Bertz CT molecular complexity index is 1430. The molecule has 0 saturated heterocycles. The first-order valence-corrected chi connectivity index (χ1v) is 13.5. The molecule has 0 aliphatic heterocycles. The molecule has 1 amide bonds. The number of fused-ring (bicyclic) bond motifs is 1. The molecule has 1 N–H and O–H groups in total. The van der Waals surface area contributed by atoms with Crippen molar-refractivity contribution in [3.63, 3.8) is 0 Å². The topological polar surface area (TPSA) is 106 Å². The summed E-state index contributed by atoms with van der Waals surface area (Å²) in [5.41, 5.74) is 2.29. The molecule has 0 saturated carbocycles. The predicted octanol–water partition coefficient (Wildman–Crippen LogP) is 4.40. The molecule has 192 valence electrons. The van der Waals surface area contributed by atoms with E-state index in [-0.39, 0.29) is 18.7 Å². The third-order valence-electron chi connectivity index (χ3n) is 5.96. The number of Topliss-reactive ketones (excluding diaryl/α,β-unsaturated/α-hetero) is 2. The van der Waals surface area contributed by atoms with Crippen LogP contribution in [0.25, 0.3) is 10.9 Å². The van der Waals surface area contributed by atoms with Crippen molar-refractivity contribution in [1.82, 2.24) is 14.2 Å². The second-order valence-electron chi connectivity index (χ2n) is 8.66. The van der Waals surface area contributed by atoms with Crippen molar-refractivity contribution < 1.29 is 22.8 Å². The average molecular weight is 552 g/mol. The highest BCUT2D eigenvalue weighted by atomic mass is 35.5. The molecule has 0 fully saturated rings. The van der Waals surface area contributed by atoms with Gasteiger partial charge < -0.3 is 9.88 Å². The molecule has 8 nitrogen and oxygen atoms in total. The number of halogens is 2. The summed E-state index contributed by atoms with van der Waals surface area (Å²) in [6, 6.07) is 11.3. The molecule has 2 aromatic carbocycles. The number of rotatable bonds is 10. The molecule has 36 heavy (non-hydrogen) atoms. The van der Waals surface area contributed by atoms with Crippen LogP contribution in [0.15, 0.2) is 42.5 Å². The summed E-state index contributed by atoms with van der Waals surface area (Å²) < 4.78 is 27.6. The second kappa shape index (κ2) is 11.1. The highest BCUT2D eigenvalue weighted by molar-refractivity contribution is 7.89. The summed E-state index contributed by atoms with van der Waals surface area (Å²) in [6.07, 6.45) is 0.231. The smallest absolute Gasteiger partial charge is 0.268 e. The third kappa shape index (κ3) is 6.15. The maximum atomic E-state index is 13.3. The van der Waals surface area contributed by atoms with E-state index < -0.39 is 33.5 Å². The van der Waals surface area contributed by atoms with Crippen molar-refractivity contribution >= 4 is 61.6 Å². The van der Waals surface area contributed by atoms with Crippen molar-refractivity contribution in [1.29, 1.82) is 0 Å². The van der Waals surface area contributed by atoms with Crippen molar-refractivity contribution in [3.8, 4) is 0 Å². The Labute approximate surface area is 220 Å². The number of hydrogen-bond acceptors (Lipinski definition) is 5. The summed E-state index contributed by atoms with van der Waals surface area (Å²) in [5, 5.41) is 4.33. The zero-order valence-electron chi connectivity index (χ0n) is 20.3. The van der Waals surface area contributed by atoms with Crippen molar-refractivity contribution in [2.24, 2.45) is 7.05 Å². The van der Waals surface area contributed by atoms with E-state index in [1.165, 1.54) is 20.9 Å². The van der Waals surface area contributed by atoms with Crippen LogP contribution >= 0.6 is 23.2 Å². The number of ketones is 2. The van der Waals surface area contributed by atoms with Gasteiger partial charge in [0.15, 0.2) is 5.78 Å². The Morgan fingerprint density at radius 1 is 1.06 bits per heavy atom. The van der Waals surface area contributed by atoms with E-state index in [0.717, 1.165) is 9.82 Å². The minimum atomic E-state index is -3.77. The maximum absolute atomic E-state index is 13.3. The van der Waals surface area contributed by atoms with Crippen LogP contribution in [0.3, 0.4) is 0 Å². The Morgan fingerprint density at radius 2 is 1.69 bits per heavy atom. The molecular weight excluding hydrogens is 525 g/mol. The number of nitrogens with zero attached hydrogens (tertiary/aromatic N) is 2. The molecule has 11 heteroatoms. The fraction of sp³-hybridized carbons (Fsp3) is 0.320. The zero-order chi connectivity index (χ0) is 26.8. The number of aryl methyl sites for hydroxylation is 1.